The van der Waals surface area contributed by atoms with Gasteiger partial charge in [-0.3, -0.25) is 4.79 Å². The minimum atomic E-state index is -2.97. The number of amides is 1. The van der Waals surface area contributed by atoms with Gasteiger partial charge in [0, 0.05) is 12.5 Å². The van der Waals surface area contributed by atoms with Crippen molar-refractivity contribution in [2.75, 3.05) is 7.11 Å². The third-order valence-corrected chi connectivity index (χ3v) is 2.25. The van der Waals surface area contributed by atoms with Gasteiger partial charge in [0.2, 0.25) is 5.91 Å². The monoisotopic (exact) mass is 260 g/mol. The lowest BCUT2D eigenvalue weighted by molar-refractivity contribution is -0.118. The number of nitrogens with two attached hydrogens (primary N) is 2. The number of rotatable bonds is 6. The highest BCUT2D eigenvalue weighted by Gasteiger charge is 2.15. The average Bonchev–Trinajstić information content (AvgIpc) is 2.27. The lowest BCUT2D eigenvalue weighted by Gasteiger charge is -2.14. The summed E-state index contributed by atoms with van der Waals surface area (Å²) in [5, 5.41) is 0. The number of alkyl halides is 2. The van der Waals surface area contributed by atoms with E-state index in [0.29, 0.717) is 5.56 Å². The second-order valence-corrected chi connectivity index (χ2v) is 3.57. The molecular weight excluding hydrogens is 246 g/mol. The Kier molecular flexibility index (Phi) is 4.85. The maximum Gasteiger partial charge on any atom is 0.387 e. The quantitative estimate of drug-likeness (QED) is 0.803. The van der Waals surface area contributed by atoms with E-state index < -0.39 is 18.6 Å². The Bertz CT molecular complexity index is 427. The molecule has 1 amide bonds. The van der Waals surface area contributed by atoms with Crippen LogP contribution in [0, 0.1) is 0 Å². The number of carbonyl (C=O) groups is 1. The van der Waals surface area contributed by atoms with Gasteiger partial charge in [-0.15, -0.1) is 0 Å². The zero-order valence-electron chi connectivity index (χ0n) is 9.73. The van der Waals surface area contributed by atoms with Gasteiger partial charge in [-0.1, -0.05) is 6.07 Å². The highest BCUT2D eigenvalue weighted by atomic mass is 19.3. The third kappa shape index (κ3) is 3.85. The van der Waals surface area contributed by atoms with Crippen molar-refractivity contribution >= 4 is 5.91 Å². The number of ether oxygens (including phenoxy) is 2. The summed E-state index contributed by atoms with van der Waals surface area (Å²) in [7, 11) is 1.33. The molecule has 5 nitrogen and oxygen atoms in total. The minimum Gasteiger partial charge on any atom is -0.493 e. The fourth-order valence-electron chi connectivity index (χ4n) is 1.45. The summed E-state index contributed by atoms with van der Waals surface area (Å²) in [5.74, 6) is -0.551. The summed E-state index contributed by atoms with van der Waals surface area (Å²) in [4.78, 5) is 10.7. The Labute approximate surface area is 103 Å². The molecule has 0 saturated carbocycles. The summed E-state index contributed by atoms with van der Waals surface area (Å²) >= 11 is 0. The van der Waals surface area contributed by atoms with Crippen LogP contribution in [0.2, 0.25) is 0 Å². The summed E-state index contributed by atoms with van der Waals surface area (Å²) in [5.41, 5.74) is 11.2. The van der Waals surface area contributed by atoms with E-state index in [2.05, 4.69) is 4.74 Å². The fraction of sp³-hybridized carbons (Fsp3) is 0.364. The van der Waals surface area contributed by atoms with Crippen molar-refractivity contribution in [3.8, 4) is 11.5 Å². The Morgan fingerprint density at radius 1 is 1.39 bits per heavy atom. The van der Waals surface area contributed by atoms with Gasteiger partial charge >= 0.3 is 6.61 Å². The summed E-state index contributed by atoms with van der Waals surface area (Å²) in [6, 6.07) is 3.63. The molecule has 0 fully saturated rings. The van der Waals surface area contributed by atoms with E-state index in [-0.39, 0.29) is 17.9 Å². The normalized spacial score (nSPS) is 12.3. The highest BCUT2D eigenvalue weighted by Crippen LogP contribution is 2.31. The molecule has 0 saturated heterocycles. The molecule has 0 aliphatic carbocycles. The first-order valence-corrected chi connectivity index (χ1v) is 5.10. The highest BCUT2D eigenvalue weighted by molar-refractivity contribution is 5.74. The van der Waals surface area contributed by atoms with Crippen LogP contribution in [0.3, 0.4) is 0 Å². The Morgan fingerprint density at radius 2 is 2.06 bits per heavy atom. The lowest BCUT2D eigenvalue weighted by Crippen LogP contribution is -2.20. The van der Waals surface area contributed by atoms with Gasteiger partial charge in [0.1, 0.15) is 0 Å². The first kappa shape index (κ1) is 14.2. The number of primary amides is 1. The van der Waals surface area contributed by atoms with Crippen LogP contribution < -0.4 is 20.9 Å². The summed E-state index contributed by atoms with van der Waals surface area (Å²) in [6.45, 7) is -2.97. The van der Waals surface area contributed by atoms with E-state index in [9.17, 15) is 13.6 Å². The minimum absolute atomic E-state index is 0.0829. The topological polar surface area (TPSA) is 87.6 Å². The second-order valence-electron chi connectivity index (χ2n) is 3.57. The van der Waals surface area contributed by atoms with Crippen LogP contribution in [0.25, 0.3) is 0 Å². The number of carbonyl (C=O) groups excluding carboxylic acids is 1. The molecule has 1 aromatic carbocycles. The summed E-state index contributed by atoms with van der Waals surface area (Å²) < 4.78 is 33.6. The Balaban J connectivity index is 2.97. The molecule has 0 spiro atoms. The smallest absolute Gasteiger partial charge is 0.387 e. The molecule has 0 aliphatic rings. The SMILES string of the molecule is COc1ccc([C@@H](N)CC(N)=O)cc1OC(F)F. The molecule has 7 heteroatoms. The van der Waals surface area contributed by atoms with Gasteiger partial charge in [0.15, 0.2) is 11.5 Å². The van der Waals surface area contributed by atoms with Crippen LogP contribution in [0.15, 0.2) is 18.2 Å². The predicted octanol–water partition coefficient (Wildman–Crippen LogP) is 1.17. The van der Waals surface area contributed by atoms with Crippen LogP contribution in [-0.2, 0) is 4.79 Å². The van der Waals surface area contributed by atoms with Crippen LogP contribution in [0.4, 0.5) is 8.78 Å². The molecule has 100 valence electrons. The Morgan fingerprint density at radius 3 is 2.56 bits per heavy atom. The second kappa shape index (κ2) is 6.15. The molecular formula is C11H14F2N2O3. The molecule has 1 rings (SSSR count). The molecule has 18 heavy (non-hydrogen) atoms. The molecule has 1 aromatic rings. The van der Waals surface area contributed by atoms with E-state index >= 15 is 0 Å². The van der Waals surface area contributed by atoms with Crippen molar-refractivity contribution in [3.63, 3.8) is 0 Å². The molecule has 1 atom stereocenters. The molecule has 0 aliphatic heterocycles. The van der Waals surface area contributed by atoms with Gasteiger partial charge in [-0.05, 0) is 17.7 Å². The van der Waals surface area contributed by atoms with E-state index in [1.807, 2.05) is 0 Å². The van der Waals surface area contributed by atoms with E-state index in [1.54, 1.807) is 6.07 Å². The van der Waals surface area contributed by atoms with Gasteiger partial charge in [-0.2, -0.15) is 8.78 Å². The van der Waals surface area contributed by atoms with E-state index in [4.69, 9.17) is 16.2 Å². The Hall–Kier alpha value is -1.89. The number of hydrogen-bond donors (Lipinski definition) is 2. The zero-order chi connectivity index (χ0) is 13.7. The first-order chi connectivity index (χ1) is 8.43. The molecule has 0 bridgehead atoms. The van der Waals surface area contributed by atoms with Crippen LogP contribution in [-0.4, -0.2) is 19.6 Å². The maximum absolute atomic E-state index is 12.2. The van der Waals surface area contributed by atoms with Gasteiger partial charge < -0.3 is 20.9 Å². The lowest BCUT2D eigenvalue weighted by atomic mass is 10.0. The molecule has 0 aromatic heterocycles. The number of hydrogen-bond acceptors (Lipinski definition) is 4. The number of methoxy groups -OCH3 is 1. The van der Waals surface area contributed by atoms with Crippen molar-refractivity contribution in [2.45, 2.75) is 19.1 Å². The van der Waals surface area contributed by atoms with E-state index in [0.717, 1.165) is 0 Å². The van der Waals surface area contributed by atoms with Crippen molar-refractivity contribution in [1.82, 2.24) is 0 Å². The molecule has 0 heterocycles. The van der Waals surface area contributed by atoms with Crippen LogP contribution in [0.1, 0.15) is 18.0 Å². The summed E-state index contributed by atoms with van der Waals surface area (Å²) in [6.07, 6.45) is -0.0829. The van der Waals surface area contributed by atoms with Crippen molar-refractivity contribution in [1.29, 1.82) is 0 Å². The van der Waals surface area contributed by atoms with Crippen LogP contribution >= 0.6 is 0 Å². The van der Waals surface area contributed by atoms with Crippen LogP contribution in [0.5, 0.6) is 11.5 Å². The third-order valence-electron chi connectivity index (χ3n) is 2.25. The maximum atomic E-state index is 12.2. The van der Waals surface area contributed by atoms with Gasteiger partial charge in [0.05, 0.1) is 7.11 Å². The first-order valence-electron chi connectivity index (χ1n) is 5.10. The van der Waals surface area contributed by atoms with Crippen molar-refractivity contribution < 1.29 is 23.0 Å². The molecule has 0 radical (unpaired) electrons. The largest absolute Gasteiger partial charge is 0.493 e. The number of halogens is 2. The molecule has 0 unspecified atom stereocenters. The average molecular weight is 260 g/mol. The van der Waals surface area contributed by atoms with Crippen molar-refractivity contribution in [3.05, 3.63) is 23.8 Å². The molecule has 4 N–H and O–H groups in total. The predicted molar refractivity (Wildman–Crippen MR) is 60.4 cm³/mol. The number of benzene rings is 1. The zero-order valence-corrected chi connectivity index (χ0v) is 9.73. The standard InChI is InChI=1S/C11H14F2N2O3/c1-17-8-3-2-6(7(14)5-10(15)16)4-9(8)18-11(12)13/h2-4,7,11H,5,14H2,1H3,(H2,15,16)/t7-/m0/s1. The van der Waals surface area contributed by atoms with Gasteiger partial charge in [0.25, 0.3) is 0 Å². The van der Waals surface area contributed by atoms with Gasteiger partial charge in [-0.25, -0.2) is 0 Å². The van der Waals surface area contributed by atoms with E-state index in [1.165, 1.54) is 19.2 Å². The fourth-order valence-corrected chi connectivity index (χ4v) is 1.45. The van der Waals surface area contributed by atoms with Crippen molar-refractivity contribution in [2.24, 2.45) is 11.5 Å².